The van der Waals surface area contributed by atoms with Crippen LogP contribution in [0, 0.1) is 5.92 Å². The Balaban J connectivity index is 2.01. The molecule has 1 atom stereocenters. The van der Waals surface area contributed by atoms with Crippen LogP contribution in [0.5, 0.6) is 0 Å². The third kappa shape index (κ3) is 1.14. The van der Waals surface area contributed by atoms with E-state index in [9.17, 15) is 4.79 Å². The van der Waals surface area contributed by atoms with Gasteiger partial charge in [0, 0.05) is 11.1 Å². The summed E-state index contributed by atoms with van der Waals surface area (Å²) < 4.78 is 1.80. The first kappa shape index (κ1) is 10.1. The molecule has 0 fully saturated rings. The highest BCUT2D eigenvalue weighted by atomic mass is 16.2. The Hall–Kier alpha value is -1.90. The van der Waals surface area contributed by atoms with Gasteiger partial charge in [-0.25, -0.2) is 4.98 Å². The van der Waals surface area contributed by atoms with Crippen LogP contribution in [0.15, 0.2) is 29.8 Å². The van der Waals surface area contributed by atoms with Crippen LogP contribution < -0.4 is 0 Å². The number of aromatic nitrogens is 2. The number of para-hydroxylation sites is 2. The minimum Gasteiger partial charge on any atom is -0.269 e. The van der Waals surface area contributed by atoms with Crippen molar-refractivity contribution in [3.05, 3.63) is 35.7 Å². The van der Waals surface area contributed by atoms with Gasteiger partial charge >= 0.3 is 0 Å². The fourth-order valence-corrected chi connectivity index (χ4v) is 3.15. The third-order valence-electron chi connectivity index (χ3n) is 4.10. The van der Waals surface area contributed by atoms with E-state index < -0.39 is 0 Å². The van der Waals surface area contributed by atoms with E-state index in [1.54, 1.807) is 4.57 Å². The Labute approximate surface area is 105 Å². The minimum atomic E-state index is 0.153. The molecular formula is C15H14N2O. The summed E-state index contributed by atoms with van der Waals surface area (Å²) in [6, 6.07) is 7.88. The van der Waals surface area contributed by atoms with Gasteiger partial charge in [-0.15, -0.1) is 0 Å². The van der Waals surface area contributed by atoms with Crippen molar-refractivity contribution in [3.8, 4) is 0 Å². The lowest BCUT2D eigenvalue weighted by Crippen LogP contribution is -2.11. The van der Waals surface area contributed by atoms with Crippen molar-refractivity contribution in [1.82, 2.24) is 9.55 Å². The molecule has 2 aliphatic rings. The van der Waals surface area contributed by atoms with Crippen molar-refractivity contribution in [2.24, 2.45) is 5.92 Å². The predicted octanol–water partition coefficient (Wildman–Crippen LogP) is 3.26. The second kappa shape index (κ2) is 3.31. The van der Waals surface area contributed by atoms with E-state index in [4.69, 9.17) is 0 Å². The molecule has 1 aliphatic heterocycles. The fourth-order valence-electron chi connectivity index (χ4n) is 3.15. The van der Waals surface area contributed by atoms with Crippen LogP contribution in [0.4, 0.5) is 0 Å². The van der Waals surface area contributed by atoms with Crippen LogP contribution in [-0.4, -0.2) is 15.5 Å². The normalized spacial score (nSPS) is 22.5. The van der Waals surface area contributed by atoms with Crippen LogP contribution in [-0.2, 0) is 0 Å². The molecule has 0 bridgehead atoms. The first-order chi connectivity index (χ1) is 8.75. The lowest BCUT2D eigenvalue weighted by atomic mass is 9.86. The van der Waals surface area contributed by atoms with Gasteiger partial charge in [-0.2, -0.15) is 0 Å². The van der Waals surface area contributed by atoms with E-state index in [0.717, 1.165) is 41.7 Å². The monoisotopic (exact) mass is 238 g/mol. The Bertz CT molecular complexity index is 708. The van der Waals surface area contributed by atoms with Gasteiger partial charge in [-0.1, -0.05) is 19.1 Å². The molecular weight excluding hydrogens is 224 g/mol. The molecule has 90 valence electrons. The number of allylic oxidation sites excluding steroid dienone is 2. The predicted molar refractivity (Wildman–Crippen MR) is 70.3 cm³/mol. The van der Waals surface area contributed by atoms with E-state index >= 15 is 0 Å². The summed E-state index contributed by atoms with van der Waals surface area (Å²) >= 11 is 0. The number of hydrogen-bond donors (Lipinski definition) is 0. The SMILES string of the molecule is CC1CCC2=C(C1)c1nc3ccccc3n1C2=O. The Morgan fingerprint density at radius 3 is 3.00 bits per heavy atom. The quantitative estimate of drug-likeness (QED) is 0.706. The highest BCUT2D eigenvalue weighted by Crippen LogP contribution is 2.41. The molecule has 18 heavy (non-hydrogen) atoms. The van der Waals surface area contributed by atoms with Crippen LogP contribution in [0.1, 0.15) is 36.8 Å². The Morgan fingerprint density at radius 1 is 1.28 bits per heavy atom. The number of carbonyl (C=O) groups excluding carboxylic acids is 1. The molecule has 3 nitrogen and oxygen atoms in total. The first-order valence-electron chi connectivity index (χ1n) is 6.50. The highest BCUT2D eigenvalue weighted by molar-refractivity contribution is 6.12. The van der Waals surface area contributed by atoms with Gasteiger partial charge in [0.15, 0.2) is 0 Å². The Kier molecular flexibility index (Phi) is 1.85. The van der Waals surface area contributed by atoms with Crippen molar-refractivity contribution in [1.29, 1.82) is 0 Å². The summed E-state index contributed by atoms with van der Waals surface area (Å²) in [6.45, 7) is 2.25. The third-order valence-corrected chi connectivity index (χ3v) is 4.10. The zero-order valence-corrected chi connectivity index (χ0v) is 10.3. The molecule has 0 N–H and O–H groups in total. The van der Waals surface area contributed by atoms with Crippen molar-refractivity contribution < 1.29 is 4.79 Å². The molecule has 1 aliphatic carbocycles. The lowest BCUT2D eigenvalue weighted by Gasteiger charge is -2.18. The van der Waals surface area contributed by atoms with Crippen LogP contribution in [0.25, 0.3) is 16.6 Å². The maximum Gasteiger partial charge on any atom is 0.260 e. The van der Waals surface area contributed by atoms with Crippen molar-refractivity contribution in [2.45, 2.75) is 26.2 Å². The summed E-state index contributed by atoms with van der Waals surface area (Å²) in [5, 5.41) is 0. The second-order valence-corrected chi connectivity index (χ2v) is 5.37. The van der Waals surface area contributed by atoms with E-state index in [1.165, 1.54) is 5.57 Å². The van der Waals surface area contributed by atoms with Crippen LogP contribution >= 0.6 is 0 Å². The zero-order valence-electron chi connectivity index (χ0n) is 10.3. The van der Waals surface area contributed by atoms with Crippen molar-refractivity contribution in [2.75, 3.05) is 0 Å². The maximum absolute atomic E-state index is 12.5. The number of nitrogens with zero attached hydrogens (tertiary/aromatic N) is 2. The van der Waals surface area contributed by atoms with E-state index in [1.807, 2.05) is 24.3 Å². The number of hydrogen-bond acceptors (Lipinski definition) is 2. The minimum absolute atomic E-state index is 0.153. The average Bonchev–Trinajstić information content (AvgIpc) is 2.87. The molecule has 1 aromatic carbocycles. The van der Waals surface area contributed by atoms with Gasteiger partial charge in [0.05, 0.1) is 11.0 Å². The second-order valence-electron chi connectivity index (χ2n) is 5.37. The summed E-state index contributed by atoms with van der Waals surface area (Å²) in [5.74, 6) is 1.70. The number of carbonyl (C=O) groups is 1. The molecule has 0 saturated heterocycles. The fraction of sp³-hybridized carbons (Fsp3) is 0.333. The lowest BCUT2D eigenvalue weighted by molar-refractivity contribution is 0.0960. The van der Waals surface area contributed by atoms with E-state index in [-0.39, 0.29) is 5.91 Å². The first-order valence-corrected chi connectivity index (χ1v) is 6.50. The molecule has 2 heterocycles. The smallest absolute Gasteiger partial charge is 0.260 e. The van der Waals surface area contributed by atoms with Gasteiger partial charge in [0.2, 0.25) is 0 Å². The standard InChI is InChI=1S/C15H14N2O/c1-9-6-7-10-11(8-9)14-16-12-4-2-3-5-13(12)17(14)15(10)18/h2-5,9H,6-8H2,1H3. The van der Waals surface area contributed by atoms with Crippen molar-refractivity contribution >= 4 is 22.5 Å². The molecule has 4 rings (SSSR count). The molecule has 0 radical (unpaired) electrons. The number of imidazole rings is 1. The number of benzene rings is 1. The summed E-state index contributed by atoms with van der Waals surface area (Å²) in [4.78, 5) is 17.1. The molecule has 2 aromatic rings. The van der Waals surface area contributed by atoms with E-state index in [0.29, 0.717) is 5.92 Å². The van der Waals surface area contributed by atoms with Gasteiger partial charge in [-0.3, -0.25) is 9.36 Å². The van der Waals surface area contributed by atoms with Crippen LogP contribution in [0.3, 0.4) is 0 Å². The molecule has 0 saturated carbocycles. The number of fused-ring (bicyclic) bond motifs is 4. The Morgan fingerprint density at radius 2 is 2.11 bits per heavy atom. The van der Waals surface area contributed by atoms with Gasteiger partial charge in [-0.05, 0) is 37.3 Å². The maximum atomic E-state index is 12.5. The largest absolute Gasteiger partial charge is 0.269 e. The molecule has 0 amide bonds. The van der Waals surface area contributed by atoms with Gasteiger partial charge < -0.3 is 0 Å². The summed E-state index contributed by atoms with van der Waals surface area (Å²) in [5.41, 5.74) is 4.06. The number of rotatable bonds is 0. The average molecular weight is 238 g/mol. The van der Waals surface area contributed by atoms with Crippen LogP contribution in [0.2, 0.25) is 0 Å². The van der Waals surface area contributed by atoms with Gasteiger partial charge in [0.25, 0.3) is 5.91 Å². The molecule has 1 unspecified atom stereocenters. The van der Waals surface area contributed by atoms with Crippen molar-refractivity contribution in [3.63, 3.8) is 0 Å². The topological polar surface area (TPSA) is 34.9 Å². The molecule has 1 aromatic heterocycles. The highest BCUT2D eigenvalue weighted by Gasteiger charge is 2.35. The summed E-state index contributed by atoms with van der Waals surface area (Å²) in [7, 11) is 0. The summed E-state index contributed by atoms with van der Waals surface area (Å²) in [6.07, 6.45) is 3.02. The molecule has 0 spiro atoms. The zero-order chi connectivity index (χ0) is 12.3. The molecule has 3 heteroatoms. The van der Waals surface area contributed by atoms with Gasteiger partial charge in [0.1, 0.15) is 5.82 Å². The van der Waals surface area contributed by atoms with E-state index in [2.05, 4.69) is 11.9 Å².